The van der Waals surface area contributed by atoms with Gasteiger partial charge in [-0.15, -0.1) is 0 Å². The summed E-state index contributed by atoms with van der Waals surface area (Å²) in [5.41, 5.74) is -6.05. The van der Waals surface area contributed by atoms with Gasteiger partial charge < -0.3 is 29.2 Å². The Morgan fingerprint density at radius 2 is 1.55 bits per heavy atom. The summed E-state index contributed by atoms with van der Waals surface area (Å²) in [6, 6.07) is 7.94. The van der Waals surface area contributed by atoms with Crippen molar-refractivity contribution in [2.45, 2.75) is 77.5 Å². The van der Waals surface area contributed by atoms with Gasteiger partial charge in [-0.2, -0.15) is 0 Å². The summed E-state index contributed by atoms with van der Waals surface area (Å²) in [7, 11) is 0. The van der Waals surface area contributed by atoms with E-state index in [9.17, 15) is 34.2 Å². The number of esters is 4. The Labute approximate surface area is 256 Å². The van der Waals surface area contributed by atoms with Crippen LogP contribution in [-0.2, 0) is 38.1 Å². The minimum absolute atomic E-state index is 0.125. The maximum Gasteiger partial charge on any atom is 0.338 e. The van der Waals surface area contributed by atoms with Crippen LogP contribution in [0, 0.1) is 29.1 Å². The summed E-state index contributed by atoms with van der Waals surface area (Å²) in [5.74, 6) is -8.28. The van der Waals surface area contributed by atoms with E-state index in [1.807, 2.05) is 0 Å². The number of Topliss-reactive ketones (excluding diaryl/α,β-unsaturated/α-hetero) is 1. The topological polar surface area (TPSA) is 163 Å². The van der Waals surface area contributed by atoms with Crippen LogP contribution in [0.1, 0.15) is 58.3 Å². The molecular weight excluding hydrogens is 572 g/mol. The normalized spacial score (nSPS) is 37.5. The minimum Gasteiger partial charge on any atom is -0.465 e. The molecule has 2 N–H and O–H groups in total. The van der Waals surface area contributed by atoms with E-state index in [2.05, 4.69) is 6.58 Å². The van der Waals surface area contributed by atoms with Crippen LogP contribution >= 0.6 is 0 Å². The van der Waals surface area contributed by atoms with E-state index in [4.69, 9.17) is 18.9 Å². The highest BCUT2D eigenvalue weighted by Gasteiger charge is 2.76. The predicted octanol–water partition coefficient (Wildman–Crippen LogP) is 2.72. The zero-order valence-electron chi connectivity index (χ0n) is 25.8. The fourth-order valence-electron chi connectivity index (χ4n) is 7.76. The van der Waals surface area contributed by atoms with Crippen molar-refractivity contribution < 1.29 is 53.1 Å². The first kappa shape index (κ1) is 33.1. The summed E-state index contributed by atoms with van der Waals surface area (Å²) in [6.07, 6.45) is -1.25. The SMILES string of the molecule is C=C(C)[C@H]1C=C[C@@H](OC(C)=O)[C@@]2(COC(C)=O)[C@H](OC(=O)c3ccccc3)[C@H]3[C@@H](OC(C)=O)[C@@H](C)C[C@]3(O)C(=O)[C@@](C)(O)[C@H]12. The lowest BCUT2D eigenvalue weighted by Gasteiger charge is -2.55. The average molecular weight is 613 g/mol. The Morgan fingerprint density at radius 3 is 2.09 bits per heavy atom. The fraction of sp³-hybridized carbons (Fsp3) is 0.545. The van der Waals surface area contributed by atoms with E-state index >= 15 is 0 Å². The highest BCUT2D eigenvalue weighted by molar-refractivity contribution is 5.96. The number of benzene rings is 1. The molecule has 0 spiro atoms. The molecule has 0 saturated heterocycles. The van der Waals surface area contributed by atoms with Crippen LogP contribution in [0.2, 0.25) is 0 Å². The highest BCUT2D eigenvalue weighted by atomic mass is 16.6. The lowest BCUT2D eigenvalue weighted by molar-refractivity contribution is -0.212. The molecule has 0 radical (unpaired) electrons. The Bertz CT molecular complexity index is 1380. The molecule has 3 aliphatic carbocycles. The number of hydrogen-bond acceptors (Lipinski definition) is 11. The quantitative estimate of drug-likeness (QED) is 0.264. The molecule has 1 aromatic carbocycles. The monoisotopic (exact) mass is 612 g/mol. The zero-order chi connectivity index (χ0) is 32.8. The van der Waals surface area contributed by atoms with Crippen LogP contribution in [0.15, 0.2) is 54.6 Å². The van der Waals surface area contributed by atoms with Crippen molar-refractivity contribution in [1.82, 2.24) is 0 Å². The molecule has 0 bridgehead atoms. The molecule has 0 unspecified atom stereocenters. The van der Waals surface area contributed by atoms with Crippen LogP contribution in [0.4, 0.5) is 0 Å². The number of fused-ring (bicyclic) bond motifs is 2. The van der Waals surface area contributed by atoms with Gasteiger partial charge in [-0.25, -0.2) is 4.79 Å². The predicted molar refractivity (Wildman–Crippen MR) is 155 cm³/mol. The second-order valence-electron chi connectivity index (χ2n) is 12.5. The second-order valence-corrected chi connectivity index (χ2v) is 12.5. The number of carbonyl (C=O) groups excluding carboxylic acids is 5. The van der Waals surface area contributed by atoms with Crippen LogP contribution in [-0.4, -0.2) is 76.0 Å². The maximum atomic E-state index is 14.5. The number of rotatable bonds is 7. The van der Waals surface area contributed by atoms with E-state index in [1.54, 1.807) is 38.1 Å². The summed E-state index contributed by atoms with van der Waals surface area (Å²) in [4.78, 5) is 65.7. The van der Waals surface area contributed by atoms with Crippen LogP contribution in [0.3, 0.4) is 0 Å². The van der Waals surface area contributed by atoms with Crippen molar-refractivity contribution in [3.8, 4) is 0 Å². The number of ether oxygens (including phenoxy) is 4. The third-order valence-electron chi connectivity index (χ3n) is 9.31. The molecule has 2 saturated carbocycles. The van der Waals surface area contributed by atoms with Crippen molar-refractivity contribution in [2.75, 3.05) is 6.61 Å². The molecule has 11 nitrogen and oxygen atoms in total. The Morgan fingerprint density at radius 1 is 0.932 bits per heavy atom. The molecule has 10 atom stereocenters. The van der Waals surface area contributed by atoms with Crippen molar-refractivity contribution in [1.29, 1.82) is 0 Å². The van der Waals surface area contributed by atoms with E-state index in [0.717, 1.165) is 13.8 Å². The number of ketones is 1. The lowest BCUT2D eigenvalue weighted by atomic mass is 9.53. The fourth-order valence-corrected chi connectivity index (χ4v) is 7.76. The largest absolute Gasteiger partial charge is 0.465 e. The van der Waals surface area contributed by atoms with Crippen molar-refractivity contribution in [3.63, 3.8) is 0 Å². The van der Waals surface area contributed by atoms with Crippen LogP contribution < -0.4 is 0 Å². The number of aliphatic hydroxyl groups is 2. The Hall–Kier alpha value is -3.83. The molecule has 4 rings (SSSR count). The summed E-state index contributed by atoms with van der Waals surface area (Å²) >= 11 is 0. The van der Waals surface area contributed by atoms with Gasteiger partial charge in [0.25, 0.3) is 0 Å². The standard InChI is InChI=1S/C33H40O11/c1-17(2)23-13-14-24(42-20(5)35)32(16-41-19(4)34)27(23)31(7,39)30(38)33(40)15-18(3)26(43-21(6)36)25(33)28(32)44-29(37)22-11-9-8-10-12-22/h8-14,18,23-28,39-40H,1,15-16H2,2-7H3/t18-,23+,24+,25+,26-,27-,28+,31-,32+,33+/m0/s1. The Kier molecular flexibility index (Phi) is 8.97. The minimum atomic E-state index is -2.39. The first-order chi connectivity index (χ1) is 20.5. The molecule has 3 aliphatic rings. The molecule has 11 heteroatoms. The maximum absolute atomic E-state index is 14.5. The zero-order valence-corrected chi connectivity index (χ0v) is 25.8. The number of hydrogen-bond donors (Lipinski definition) is 2. The third-order valence-corrected chi connectivity index (χ3v) is 9.31. The highest BCUT2D eigenvalue weighted by Crippen LogP contribution is 2.62. The van der Waals surface area contributed by atoms with Gasteiger partial charge in [-0.1, -0.05) is 43.4 Å². The van der Waals surface area contributed by atoms with Gasteiger partial charge in [0.1, 0.15) is 36.1 Å². The van der Waals surface area contributed by atoms with E-state index in [0.29, 0.717) is 5.57 Å². The van der Waals surface area contributed by atoms with Crippen LogP contribution in [0.5, 0.6) is 0 Å². The number of carbonyl (C=O) groups is 5. The van der Waals surface area contributed by atoms with Gasteiger partial charge in [0.15, 0.2) is 5.78 Å². The molecule has 0 amide bonds. The molecule has 0 aromatic heterocycles. The van der Waals surface area contributed by atoms with Crippen molar-refractivity contribution >= 4 is 29.7 Å². The number of allylic oxidation sites excluding steroid dienone is 2. The summed E-state index contributed by atoms with van der Waals surface area (Å²) in [6.45, 7) is 11.5. The summed E-state index contributed by atoms with van der Waals surface area (Å²) < 4.78 is 23.4. The molecule has 44 heavy (non-hydrogen) atoms. The molecule has 1 aromatic rings. The molecular formula is C33H40O11. The first-order valence-electron chi connectivity index (χ1n) is 14.6. The molecule has 0 aliphatic heterocycles. The van der Waals surface area contributed by atoms with E-state index < -0.39 is 94.9 Å². The van der Waals surface area contributed by atoms with Crippen molar-refractivity contribution in [2.24, 2.45) is 29.1 Å². The lowest BCUT2D eigenvalue weighted by Crippen LogP contribution is -2.66. The average Bonchev–Trinajstić information content (AvgIpc) is 3.16. The first-order valence-corrected chi connectivity index (χ1v) is 14.6. The van der Waals surface area contributed by atoms with Gasteiger partial charge in [-0.3, -0.25) is 19.2 Å². The molecule has 238 valence electrons. The molecule has 0 heterocycles. The van der Waals surface area contributed by atoms with Crippen molar-refractivity contribution in [3.05, 3.63) is 60.2 Å². The van der Waals surface area contributed by atoms with Gasteiger partial charge in [0, 0.05) is 32.6 Å². The summed E-state index contributed by atoms with van der Waals surface area (Å²) in [5, 5.41) is 24.7. The van der Waals surface area contributed by atoms with Gasteiger partial charge in [0.2, 0.25) is 0 Å². The van der Waals surface area contributed by atoms with Crippen LogP contribution in [0.25, 0.3) is 0 Å². The smallest absolute Gasteiger partial charge is 0.338 e. The molecule has 2 fully saturated rings. The second kappa shape index (κ2) is 11.9. The van der Waals surface area contributed by atoms with E-state index in [-0.39, 0.29) is 12.0 Å². The Balaban J connectivity index is 2.14. The van der Waals surface area contributed by atoms with Gasteiger partial charge in [0.05, 0.1) is 16.9 Å². The third kappa shape index (κ3) is 5.47. The van der Waals surface area contributed by atoms with Gasteiger partial charge in [-0.05, 0) is 44.4 Å². The van der Waals surface area contributed by atoms with E-state index in [1.165, 1.54) is 32.1 Å². The van der Waals surface area contributed by atoms with Gasteiger partial charge >= 0.3 is 23.9 Å².